The summed E-state index contributed by atoms with van der Waals surface area (Å²) in [7, 11) is 7.91. The average Bonchev–Trinajstić information content (AvgIpc) is 2.89. The maximum Gasteiger partial charge on any atom is 0.305 e. The molecular weight excluding hydrogens is 531 g/mol. The van der Waals surface area contributed by atoms with Gasteiger partial charge in [0, 0.05) is 17.9 Å². The highest BCUT2D eigenvalue weighted by Gasteiger charge is 2.02. The molecule has 0 amide bonds. The Morgan fingerprint density at radius 1 is 0.600 bits per heavy atom. The van der Waals surface area contributed by atoms with Gasteiger partial charge < -0.3 is 9.64 Å². The summed E-state index contributed by atoms with van der Waals surface area (Å²) in [6.45, 7) is 25.1. The SMILES string of the molecule is CCC.CCC.CCC.CCC.CCC.CCCCCC/C=C\CCSSCCCC(=O)OCCCCN(C)C. The van der Waals surface area contributed by atoms with E-state index in [0.717, 1.165) is 43.7 Å². The number of nitrogens with zero attached hydrogens (tertiary/aromatic N) is 1. The standard InChI is InChI=1S/C20H39NO2S2.5C3H8/c1-4-5-6-7-8-9-10-13-18-24-25-19-14-15-20(22)23-17-12-11-16-21(2)3;5*1-3-2/h9-10H,4-8,11-19H2,1-3H3;5*3H2,1-2H3/b10-9-;;;;;. The molecule has 0 aromatic heterocycles. The Kier molecular flexibility index (Phi) is 82.0. The van der Waals surface area contributed by atoms with E-state index >= 15 is 0 Å². The van der Waals surface area contributed by atoms with Crippen molar-refractivity contribution in [3.05, 3.63) is 12.2 Å². The summed E-state index contributed by atoms with van der Waals surface area (Å²) in [5, 5.41) is 0. The van der Waals surface area contributed by atoms with Crippen LogP contribution in [0.25, 0.3) is 0 Å². The van der Waals surface area contributed by atoms with Gasteiger partial charge in [0.1, 0.15) is 0 Å². The maximum atomic E-state index is 11.6. The van der Waals surface area contributed by atoms with Crippen molar-refractivity contribution in [3.8, 4) is 0 Å². The van der Waals surface area contributed by atoms with Gasteiger partial charge in [-0.3, -0.25) is 4.79 Å². The lowest BCUT2D eigenvalue weighted by molar-refractivity contribution is -0.143. The van der Waals surface area contributed by atoms with Gasteiger partial charge in [-0.15, -0.1) is 0 Å². The number of unbranched alkanes of at least 4 members (excludes halogenated alkanes) is 5. The molecule has 0 N–H and O–H groups in total. The molecule has 3 nitrogen and oxygen atoms in total. The third-order valence-electron chi connectivity index (χ3n) is 3.71. The van der Waals surface area contributed by atoms with Gasteiger partial charge in [-0.05, 0) is 59.2 Å². The van der Waals surface area contributed by atoms with Crippen molar-refractivity contribution >= 4 is 27.6 Å². The zero-order valence-corrected chi connectivity index (χ0v) is 31.8. The van der Waals surface area contributed by atoms with Crippen molar-refractivity contribution in [1.82, 2.24) is 4.90 Å². The van der Waals surface area contributed by atoms with Crippen molar-refractivity contribution in [2.45, 2.75) is 172 Å². The van der Waals surface area contributed by atoms with E-state index < -0.39 is 0 Å². The number of allylic oxidation sites excluding steroid dienone is 2. The first kappa shape index (κ1) is 52.5. The monoisotopic (exact) mass is 610 g/mol. The Labute approximate surface area is 264 Å². The molecule has 0 atom stereocenters. The van der Waals surface area contributed by atoms with Crippen LogP contribution in [0.3, 0.4) is 0 Å². The first-order valence-corrected chi connectivity index (χ1v) is 19.4. The molecule has 0 bridgehead atoms. The normalized spacial score (nSPS) is 9.45. The van der Waals surface area contributed by atoms with Crippen LogP contribution in [0, 0.1) is 0 Å². The zero-order valence-electron chi connectivity index (χ0n) is 30.2. The number of rotatable bonds is 18. The summed E-state index contributed by atoms with van der Waals surface area (Å²) < 4.78 is 5.25. The van der Waals surface area contributed by atoms with Crippen molar-refractivity contribution in [2.75, 3.05) is 38.8 Å². The van der Waals surface area contributed by atoms with E-state index in [4.69, 9.17) is 4.74 Å². The van der Waals surface area contributed by atoms with Crippen LogP contribution in [-0.4, -0.2) is 49.6 Å². The fourth-order valence-electron chi connectivity index (χ4n) is 2.22. The van der Waals surface area contributed by atoms with E-state index in [1.807, 2.05) is 21.6 Å². The molecule has 0 spiro atoms. The summed E-state index contributed by atoms with van der Waals surface area (Å²) in [5.74, 6) is 2.15. The minimum atomic E-state index is -0.0403. The minimum absolute atomic E-state index is 0.0403. The van der Waals surface area contributed by atoms with Crippen LogP contribution in [0.5, 0.6) is 0 Å². The predicted molar refractivity (Wildman–Crippen MR) is 195 cm³/mol. The number of hydrogen-bond donors (Lipinski definition) is 0. The molecule has 0 aromatic rings. The highest BCUT2D eigenvalue weighted by molar-refractivity contribution is 8.76. The second kappa shape index (κ2) is 62.5. The maximum absolute atomic E-state index is 11.6. The van der Waals surface area contributed by atoms with E-state index in [1.54, 1.807) is 0 Å². The molecule has 0 unspecified atom stereocenters. The highest BCUT2D eigenvalue weighted by Crippen LogP contribution is 2.23. The molecule has 0 aliphatic carbocycles. The summed E-state index contributed by atoms with van der Waals surface area (Å²) in [6, 6.07) is 0. The van der Waals surface area contributed by atoms with Gasteiger partial charge in [-0.2, -0.15) is 0 Å². The van der Waals surface area contributed by atoms with Crippen LogP contribution in [0.15, 0.2) is 12.2 Å². The second-order valence-corrected chi connectivity index (χ2v) is 12.8. The zero-order chi connectivity index (χ0) is 32.1. The lowest BCUT2D eigenvalue weighted by atomic mass is 10.1. The van der Waals surface area contributed by atoms with Gasteiger partial charge in [0.25, 0.3) is 0 Å². The van der Waals surface area contributed by atoms with Gasteiger partial charge in [-0.1, -0.05) is 161 Å². The van der Waals surface area contributed by atoms with Crippen LogP contribution in [0.4, 0.5) is 0 Å². The summed E-state index contributed by atoms with van der Waals surface area (Å²) in [4.78, 5) is 13.7. The Morgan fingerprint density at radius 3 is 1.55 bits per heavy atom. The predicted octanol–water partition coefficient (Wildman–Crippen LogP) is 13.0. The van der Waals surface area contributed by atoms with Gasteiger partial charge in [0.05, 0.1) is 6.61 Å². The molecule has 40 heavy (non-hydrogen) atoms. The fraction of sp³-hybridized carbons (Fsp3) is 0.914. The minimum Gasteiger partial charge on any atom is -0.466 e. The van der Waals surface area contributed by atoms with Gasteiger partial charge in [0.2, 0.25) is 0 Å². The number of carbonyl (C=O) groups excluding carboxylic acids is 1. The van der Waals surface area contributed by atoms with Crippen LogP contribution in [0.2, 0.25) is 0 Å². The molecule has 0 radical (unpaired) electrons. The molecule has 5 heteroatoms. The van der Waals surface area contributed by atoms with Crippen molar-refractivity contribution in [3.63, 3.8) is 0 Å². The number of ether oxygens (including phenoxy) is 1. The van der Waals surface area contributed by atoms with Gasteiger partial charge in [0.15, 0.2) is 0 Å². The highest BCUT2D eigenvalue weighted by atomic mass is 33.1. The van der Waals surface area contributed by atoms with E-state index in [1.165, 1.54) is 64.2 Å². The van der Waals surface area contributed by atoms with Crippen molar-refractivity contribution in [2.24, 2.45) is 0 Å². The van der Waals surface area contributed by atoms with Crippen LogP contribution in [0.1, 0.15) is 172 Å². The quantitative estimate of drug-likeness (QED) is 0.0667. The second-order valence-electron chi connectivity index (χ2n) is 10.1. The van der Waals surface area contributed by atoms with Gasteiger partial charge in [-0.25, -0.2) is 0 Å². The topological polar surface area (TPSA) is 29.5 Å². The fourth-order valence-corrected chi connectivity index (χ4v) is 4.30. The van der Waals surface area contributed by atoms with E-state index in [-0.39, 0.29) is 5.97 Å². The molecule has 0 aromatic carbocycles. The smallest absolute Gasteiger partial charge is 0.305 e. The molecule has 248 valence electrons. The Bertz CT molecular complexity index is 380. The summed E-state index contributed by atoms with van der Waals surface area (Å²) in [5.41, 5.74) is 0. The molecular formula is C35H79NO2S2. The number of hydrogen-bond acceptors (Lipinski definition) is 5. The molecule has 0 heterocycles. The third-order valence-corrected chi connectivity index (χ3v) is 6.24. The van der Waals surface area contributed by atoms with Crippen LogP contribution in [-0.2, 0) is 9.53 Å². The van der Waals surface area contributed by atoms with Crippen molar-refractivity contribution in [1.29, 1.82) is 0 Å². The molecule has 0 aliphatic rings. The molecule has 0 aliphatic heterocycles. The summed E-state index contributed by atoms with van der Waals surface area (Å²) >= 11 is 0. The lowest BCUT2D eigenvalue weighted by Crippen LogP contribution is -2.14. The third kappa shape index (κ3) is 98.4. The van der Waals surface area contributed by atoms with E-state index in [9.17, 15) is 4.79 Å². The summed E-state index contributed by atoms with van der Waals surface area (Å²) in [6.07, 6.45) is 22.2. The number of carbonyl (C=O) groups is 1. The van der Waals surface area contributed by atoms with E-state index in [0.29, 0.717) is 13.0 Å². The first-order valence-electron chi connectivity index (χ1n) is 16.9. The lowest BCUT2D eigenvalue weighted by Gasteiger charge is -2.09. The largest absolute Gasteiger partial charge is 0.466 e. The Balaban J connectivity index is -0.000000159. The first-order chi connectivity index (χ1) is 19.2. The molecule has 0 rings (SSSR count). The Hall–Kier alpha value is -0.130. The van der Waals surface area contributed by atoms with Crippen molar-refractivity contribution < 1.29 is 9.53 Å². The van der Waals surface area contributed by atoms with Crippen LogP contribution >= 0.6 is 21.6 Å². The van der Waals surface area contributed by atoms with Gasteiger partial charge >= 0.3 is 5.97 Å². The molecule has 0 saturated carbocycles. The number of esters is 1. The van der Waals surface area contributed by atoms with Crippen LogP contribution < -0.4 is 0 Å². The van der Waals surface area contributed by atoms with E-state index in [2.05, 4.69) is 107 Å². The molecule has 0 fully saturated rings. The average molecular weight is 610 g/mol. The Morgan fingerprint density at radius 2 is 1.07 bits per heavy atom. The molecule has 0 saturated heterocycles.